The summed E-state index contributed by atoms with van der Waals surface area (Å²) in [6.07, 6.45) is 5.33. The molecule has 20 heavy (non-hydrogen) atoms. The van der Waals surface area contributed by atoms with Crippen molar-refractivity contribution in [3.8, 4) is 11.3 Å². The van der Waals surface area contributed by atoms with Crippen molar-refractivity contribution in [2.75, 3.05) is 5.73 Å². The van der Waals surface area contributed by atoms with Crippen LogP contribution in [0.15, 0.2) is 55.1 Å². The Labute approximate surface area is 121 Å². The van der Waals surface area contributed by atoms with Crippen LogP contribution in [0.5, 0.6) is 0 Å². The number of rotatable bonds is 3. The van der Waals surface area contributed by atoms with Gasteiger partial charge in [-0.25, -0.2) is 9.97 Å². The van der Waals surface area contributed by atoms with Gasteiger partial charge in [0.15, 0.2) is 0 Å². The van der Waals surface area contributed by atoms with E-state index >= 15 is 0 Å². The molecule has 0 amide bonds. The summed E-state index contributed by atoms with van der Waals surface area (Å²) >= 11 is 5.90. The van der Waals surface area contributed by atoms with E-state index in [-0.39, 0.29) is 0 Å². The van der Waals surface area contributed by atoms with E-state index in [0.29, 0.717) is 5.82 Å². The van der Waals surface area contributed by atoms with Crippen molar-refractivity contribution in [3.63, 3.8) is 0 Å². The van der Waals surface area contributed by atoms with Crippen molar-refractivity contribution in [1.82, 2.24) is 14.5 Å². The van der Waals surface area contributed by atoms with E-state index in [4.69, 9.17) is 17.3 Å². The highest BCUT2D eigenvalue weighted by molar-refractivity contribution is 6.30. The van der Waals surface area contributed by atoms with Crippen molar-refractivity contribution in [2.45, 2.75) is 6.54 Å². The molecular weight excluding hydrogens is 272 g/mol. The smallest absolute Gasteiger partial charge is 0.123 e. The Morgan fingerprint density at radius 2 is 1.95 bits per heavy atom. The first-order chi connectivity index (χ1) is 9.72. The van der Waals surface area contributed by atoms with Crippen molar-refractivity contribution in [3.05, 3.63) is 65.7 Å². The molecule has 3 aromatic rings. The highest BCUT2D eigenvalue weighted by Gasteiger charge is 2.06. The molecule has 1 aromatic carbocycles. The molecule has 2 aromatic heterocycles. The number of aromatic nitrogens is 3. The van der Waals surface area contributed by atoms with Crippen LogP contribution < -0.4 is 5.73 Å². The van der Waals surface area contributed by atoms with E-state index < -0.39 is 0 Å². The molecule has 0 aliphatic rings. The Bertz CT molecular complexity index is 719. The molecule has 0 aliphatic heterocycles. The molecular formula is C15H13ClN4. The molecule has 0 bridgehead atoms. The molecule has 0 unspecified atom stereocenters. The fraction of sp³-hybridized carbons (Fsp3) is 0.0667. The minimum atomic E-state index is 0.502. The lowest BCUT2D eigenvalue weighted by molar-refractivity contribution is 0.805. The van der Waals surface area contributed by atoms with E-state index in [2.05, 4.69) is 14.5 Å². The van der Waals surface area contributed by atoms with Gasteiger partial charge in [-0.3, -0.25) is 0 Å². The number of nitrogens with zero attached hydrogens (tertiary/aromatic N) is 3. The number of benzene rings is 1. The van der Waals surface area contributed by atoms with Gasteiger partial charge in [-0.2, -0.15) is 0 Å². The summed E-state index contributed by atoms with van der Waals surface area (Å²) < 4.78 is 2.07. The second-order valence-corrected chi connectivity index (χ2v) is 4.94. The van der Waals surface area contributed by atoms with Crippen LogP contribution in [0.25, 0.3) is 11.3 Å². The molecule has 100 valence electrons. The fourth-order valence-electron chi connectivity index (χ4n) is 2.08. The molecule has 4 nitrogen and oxygen atoms in total. The van der Waals surface area contributed by atoms with Gasteiger partial charge >= 0.3 is 0 Å². The Morgan fingerprint density at radius 3 is 2.70 bits per heavy atom. The second kappa shape index (κ2) is 5.35. The molecule has 5 heteroatoms. The first-order valence-electron chi connectivity index (χ1n) is 6.19. The summed E-state index contributed by atoms with van der Waals surface area (Å²) in [7, 11) is 0. The number of halogens is 1. The van der Waals surface area contributed by atoms with Crippen LogP contribution in [0.1, 0.15) is 5.56 Å². The lowest BCUT2D eigenvalue weighted by Gasteiger charge is -2.09. The van der Waals surface area contributed by atoms with Crippen LogP contribution in [0.4, 0.5) is 5.82 Å². The molecule has 0 radical (unpaired) electrons. The maximum Gasteiger partial charge on any atom is 0.123 e. The third kappa shape index (κ3) is 2.65. The van der Waals surface area contributed by atoms with Crippen LogP contribution in [0, 0.1) is 0 Å². The molecule has 0 spiro atoms. The highest BCUT2D eigenvalue weighted by atomic mass is 35.5. The largest absolute Gasteiger partial charge is 0.384 e. The van der Waals surface area contributed by atoms with Gasteiger partial charge in [0.25, 0.3) is 0 Å². The number of nitrogen functional groups attached to an aromatic ring is 1. The summed E-state index contributed by atoms with van der Waals surface area (Å²) in [6.45, 7) is 0.731. The van der Waals surface area contributed by atoms with Crippen molar-refractivity contribution < 1.29 is 0 Å². The molecule has 0 aliphatic carbocycles. The van der Waals surface area contributed by atoms with Gasteiger partial charge in [0, 0.05) is 23.3 Å². The highest BCUT2D eigenvalue weighted by Crippen LogP contribution is 2.21. The van der Waals surface area contributed by atoms with Gasteiger partial charge in [0.05, 0.1) is 18.2 Å². The predicted octanol–water partition coefficient (Wildman–Crippen LogP) is 3.23. The van der Waals surface area contributed by atoms with E-state index in [1.807, 2.05) is 42.6 Å². The number of hydrogen-bond donors (Lipinski definition) is 1. The first-order valence-corrected chi connectivity index (χ1v) is 6.56. The third-order valence-corrected chi connectivity index (χ3v) is 3.31. The predicted molar refractivity (Wildman–Crippen MR) is 80.4 cm³/mol. The zero-order valence-electron chi connectivity index (χ0n) is 10.7. The molecule has 0 fully saturated rings. The van der Waals surface area contributed by atoms with Crippen molar-refractivity contribution in [1.29, 1.82) is 0 Å². The average Bonchev–Trinajstić information content (AvgIpc) is 2.89. The third-order valence-electron chi connectivity index (χ3n) is 3.06. The number of imidazole rings is 1. The lowest BCUT2D eigenvalue weighted by atomic mass is 10.2. The average molecular weight is 285 g/mol. The first kappa shape index (κ1) is 12.7. The Hall–Kier alpha value is -2.33. The maximum atomic E-state index is 5.90. The number of anilines is 1. The number of pyridine rings is 1. The number of hydrogen-bond acceptors (Lipinski definition) is 3. The van der Waals surface area contributed by atoms with Gasteiger partial charge in [-0.1, -0.05) is 23.7 Å². The second-order valence-electron chi connectivity index (χ2n) is 4.50. The molecule has 3 rings (SSSR count). The lowest BCUT2D eigenvalue weighted by Crippen LogP contribution is -2.00. The van der Waals surface area contributed by atoms with Crippen molar-refractivity contribution in [2.24, 2.45) is 0 Å². The van der Waals surface area contributed by atoms with Gasteiger partial charge in [-0.05, 0) is 29.8 Å². The minimum absolute atomic E-state index is 0.502. The summed E-state index contributed by atoms with van der Waals surface area (Å²) in [5.74, 6) is 0.502. The van der Waals surface area contributed by atoms with Gasteiger partial charge < -0.3 is 10.3 Å². The van der Waals surface area contributed by atoms with Crippen LogP contribution in [0.3, 0.4) is 0 Å². The van der Waals surface area contributed by atoms with Gasteiger partial charge in [0.2, 0.25) is 0 Å². The minimum Gasteiger partial charge on any atom is -0.384 e. The van der Waals surface area contributed by atoms with E-state index in [9.17, 15) is 0 Å². The topological polar surface area (TPSA) is 56.7 Å². The summed E-state index contributed by atoms with van der Waals surface area (Å²) in [5.41, 5.74) is 8.90. The fourth-order valence-corrected chi connectivity index (χ4v) is 2.21. The normalized spacial score (nSPS) is 10.7. The summed E-state index contributed by atoms with van der Waals surface area (Å²) in [4.78, 5) is 8.22. The molecule has 0 atom stereocenters. The SMILES string of the molecule is Nc1cc(-c2cncn2Cc2ccc(Cl)cc2)ccn1. The Balaban J connectivity index is 1.92. The van der Waals surface area contributed by atoms with Crippen LogP contribution in [-0.2, 0) is 6.54 Å². The quantitative estimate of drug-likeness (QED) is 0.803. The Kier molecular flexibility index (Phi) is 3.39. The zero-order chi connectivity index (χ0) is 13.9. The summed E-state index contributed by atoms with van der Waals surface area (Å²) in [5, 5.41) is 0.738. The molecule has 0 saturated carbocycles. The van der Waals surface area contributed by atoms with Gasteiger partial charge in [0.1, 0.15) is 5.82 Å². The van der Waals surface area contributed by atoms with Crippen LogP contribution >= 0.6 is 11.6 Å². The van der Waals surface area contributed by atoms with E-state index in [0.717, 1.165) is 28.4 Å². The van der Waals surface area contributed by atoms with Crippen LogP contribution in [-0.4, -0.2) is 14.5 Å². The Morgan fingerprint density at radius 1 is 1.15 bits per heavy atom. The number of nitrogens with two attached hydrogens (primary N) is 1. The van der Waals surface area contributed by atoms with Crippen LogP contribution in [0.2, 0.25) is 5.02 Å². The standard InChI is InChI=1S/C15H13ClN4/c16-13-3-1-11(2-4-13)9-20-10-18-8-14(20)12-5-6-19-15(17)7-12/h1-8,10H,9H2,(H2,17,19). The molecule has 2 heterocycles. The zero-order valence-corrected chi connectivity index (χ0v) is 11.5. The molecule has 0 saturated heterocycles. The monoisotopic (exact) mass is 284 g/mol. The maximum absolute atomic E-state index is 5.90. The summed E-state index contributed by atoms with van der Waals surface area (Å²) in [6, 6.07) is 11.6. The molecule has 2 N–H and O–H groups in total. The van der Waals surface area contributed by atoms with Crippen molar-refractivity contribution >= 4 is 17.4 Å². The van der Waals surface area contributed by atoms with E-state index in [1.54, 1.807) is 12.5 Å². The van der Waals surface area contributed by atoms with Gasteiger partial charge in [-0.15, -0.1) is 0 Å². The van der Waals surface area contributed by atoms with E-state index in [1.165, 1.54) is 0 Å².